The van der Waals surface area contributed by atoms with E-state index >= 15 is 0 Å². The van der Waals surface area contributed by atoms with Gasteiger partial charge in [-0.1, -0.05) is 37.3 Å². The van der Waals surface area contributed by atoms with Gasteiger partial charge in [-0.25, -0.2) is 0 Å². The highest BCUT2D eigenvalue weighted by Gasteiger charge is 2.11. The van der Waals surface area contributed by atoms with Crippen molar-refractivity contribution >= 4 is 18.7 Å². The van der Waals surface area contributed by atoms with Crippen molar-refractivity contribution in [3.8, 4) is 0 Å². The number of allylic oxidation sites excluding steroid dienone is 1. The van der Waals surface area contributed by atoms with Crippen molar-refractivity contribution in [2.24, 2.45) is 0 Å². The van der Waals surface area contributed by atoms with Gasteiger partial charge in [-0.3, -0.25) is 0 Å². The van der Waals surface area contributed by atoms with Crippen LogP contribution in [0, 0.1) is 0 Å². The van der Waals surface area contributed by atoms with E-state index in [1.807, 2.05) is 31.2 Å². The van der Waals surface area contributed by atoms with Crippen LogP contribution in [0.2, 0.25) is 0 Å². The second-order valence-corrected chi connectivity index (χ2v) is 3.19. The molecular weight excluding hydrogens is 175 g/mol. The summed E-state index contributed by atoms with van der Waals surface area (Å²) in [4.78, 5) is 0. The fraction of sp³-hybridized carbons (Fsp3) is 0.273. The largest absolute Gasteiger partial charge is 0.488 e. The van der Waals surface area contributed by atoms with Gasteiger partial charge in [0.1, 0.15) is 0 Å². The maximum absolute atomic E-state index is 9.00. The van der Waals surface area contributed by atoms with E-state index < -0.39 is 7.12 Å². The Morgan fingerprint density at radius 1 is 1.36 bits per heavy atom. The van der Waals surface area contributed by atoms with Gasteiger partial charge in [0, 0.05) is 0 Å². The Labute approximate surface area is 85.0 Å². The second-order valence-electron chi connectivity index (χ2n) is 3.19. The van der Waals surface area contributed by atoms with Crippen LogP contribution in [0.15, 0.2) is 24.3 Å². The summed E-state index contributed by atoms with van der Waals surface area (Å²) in [5.41, 5.74) is 2.82. The van der Waals surface area contributed by atoms with Crippen LogP contribution in [0.5, 0.6) is 0 Å². The van der Waals surface area contributed by atoms with E-state index in [4.69, 9.17) is 10.0 Å². The predicted octanol–water partition coefficient (Wildman–Crippen LogP) is 0.962. The van der Waals surface area contributed by atoms with Crippen molar-refractivity contribution in [1.29, 1.82) is 0 Å². The van der Waals surface area contributed by atoms with Gasteiger partial charge in [-0.15, -0.1) is 0 Å². The molecule has 0 aliphatic heterocycles. The summed E-state index contributed by atoms with van der Waals surface area (Å²) in [6, 6.07) is 5.48. The third kappa shape index (κ3) is 2.47. The van der Waals surface area contributed by atoms with Crippen molar-refractivity contribution in [2.75, 3.05) is 0 Å². The summed E-state index contributed by atoms with van der Waals surface area (Å²) >= 11 is 0. The highest BCUT2D eigenvalue weighted by molar-refractivity contribution is 6.58. The molecule has 0 radical (unpaired) electrons. The zero-order valence-electron chi connectivity index (χ0n) is 8.57. The van der Waals surface area contributed by atoms with Crippen LogP contribution in [0.3, 0.4) is 0 Å². The average molecular weight is 190 g/mol. The monoisotopic (exact) mass is 190 g/mol. The predicted molar refractivity (Wildman–Crippen MR) is 60.4 cm³/mol. The standard InChI is InChI=1S/C11H15BO2/c1-3-5-10-6-7-11(12(13)14)8-9(10)4-2/h3,5-8,13-14H,4H2,1-2H3/b5-3-. The van der Waals surface area contributed by atoms with Gasteiger partial charge in [0.25, 0.3) is 0 Å². The van der Waals surface area contributed by atoms with E-state index in [0.29, 0.717) is 5.46 Å². The van der Waals surface area contributed by atoms with E-state index in [1.165, 1.54) is 0 Å². The molecule has 2 nitrogen and oxygen atoms in total. The fourth-order valence-corrected chi connectivity index (χ4v) is 1.43. The molecule has 0 aliphatic carbocycles. The van der Waals surface area contributed by atoms with Gasteiger partial charge in [-0.2, -0.15) is 0 Å². The lowest BCUT2D eigenvalue weighted by Crippen LogP contribution is -2.30. The van der Waals surface area contributed by atoms with Crippen LogP contribution in [0.25, 0.3) is 6.08 Å². The molecule has 0 bridgehead atoms. The van der Waals surface area contributed by atoms with Crippen LogP contribution in [0.1, 0.15) is 25.0 Å². The average Bonchev–Trinajstić information content (AvgIpc) is 2.18. The van der Waals surface area contributed by atoms with Crippen LogP contribution in [-0.4, -0.2) is 17.2 Å². The van der Waals surface area contributed by atoms with E-state index in [0.717, 1.165) is 17.5 Å². The summed E-state index contributed by atoms with van der Waals surface area (Å²) in [6.45, 7) is 4.02. The summed E-state index contributed by atoms with van der Waals surface area (Å²) in [5, 5.41) is 18.0. The molecule has 1 rings (SSSR count). The minimum Gasteiger partial charge on any atom is -0.423 e. The van der Waals surface area contributed by atoms with E-state index in [2.05, 4.69) is 6.92 Å². The van der Waals surface area contributed by atoms with Gasteiger partial charge >= 0.3 is 7.12 Å². The maximum Gasteiger partial charge on any atom is 0.488 e. The maximum atomic E-state index is 9.00. The highest BCUT2D eigenvalue weighted by Crippen LogP contribution is 2.10. The first kappa shape index (κ1) is 11.0. The third-order valence-corrected chi connectivity index (χ3v) is 2.19. The first-order chi connectivity index (χ1) is 6.69. The third-order valence-electron chi connectivity index (χ3n) is 2.19. The molecule has 0 aliphatic rings. The molecule has 0 atom stereocenters. The lowest BCUT2D eigenvalue weighted by molar-refractivity contribution is 0.425. The van der Waals surface area contributed by atoms with Gasteiger partial charge in [0.2, 0.25) is 0 Å². The Hall–Kier alpha value is -1.06. The van der Waals surface area contributed by atoms with Gasteiger partial charge in [-0.05, 0) is 29.9 Å². The van der Waals surface area contributed by atoms with Crippen LogP contribution < -0.4 is 5.46 Å². The van der Waals surface area contributed by atoms with Crippen molar-refractivity contribution in [2.45, 2.75) is 20.3 Å². The van der Waals surface area contributed by atoms with Gasteiger partial charge in [0.05, 0.1) is 0 Å². The molecule has 0 heterocycles. The molecular formula is C11H15BO2. The van der Waals surface area contributed by atoms with Crippen LogP contribution >= 0.6 is 0 Å². The molecule has 0 fully saturated rings. The zero-order valence-corrected chi connectivity index (χ0v) is 8.57. The Morgan fingerprint density at radius 3 is 2.57 bits per heavy atom. The number of benzene rings is 1. The molecule has 0 unspecified atom stereocenters. The Morgan fingerprint density at radius 2 is 2.07 bits per heavy atom. The van der Waals surface area contributed by atoms with Crippen molar-refractivity contribution < 1.29 is 10.0 Å². The smallest absolute Gasteiger partial charge is 0.423 e. The molecule has 0 amide bonds. The molecule has 14 heavy (non-hydrogen) atoms. The van der Waals surface area contributed by atoms with Gasteiger partial charge < -0.3 is 10.0 Å². The Bertz CT molecular complexity index is 332. The quantitative estimate of drug-likeness (QED) is 0.697. The molecule has 1 aromatic rings. The lowest BCUT2D eigenvalue weighted by Gasteiger charge is -2.06. The minimum absolute atomic E-state index is 0.551. The molecule has 74 valence electrons. The van der Waals surface area contributed by atoms with E-state index in [9.17, 15) is 0 Å². The van der Waals surface area contributed by atoms with Crippen molar-refractivity contribution in [3.05, 3.63) is 35.4 Å². The topological polar surface area (TPSA) is 40.5 Å². The lowest BCUT2D eigenvalue weighted by atomic mass is 9.78. The van der Waals surface area contributed by atoms with E-state index in [1.54, 1.807) is 6.07 Å². The summed E-state index contributed by atoms with van der Waals surface area (Å²) in [7, 11) is -1.38. The van der Waals surface area contributed by atoms with Gasteiger partial charge in [0.15, 0.2) is 0 Å². The molecule has 0 saturated carbocycles. The summed E-state index contributed by atoms with van der Waals surface area (Å²) < 4.78 is 0. The van der Waals surface area contributed by atoms with Crippen LogP contribution in [0.4, 0.5) is 0 Å². The van der Waals surface area contributed by atoms with Crippen molar-refractivity contribution in [1.82, 2.24) is 0 Å². The minimum atomic E-state index is -1.38. The first-order valence-corrected chi connectivity index (χ1v) is 4.80. The Balaban J connectivity index is 3.11. The summed E-state index contributed by atoms with van der Waals surface area (Å²) in [5.74, 6) is 0. The molecule has 2 N–H and O–H groups in total. The zero-order chi connectivity index (χ0) is 10.6. The Kier molecular flexibility index (Phi) is 3.92. The number of aryl methyl sites for hydroxylation is 1. The second kappa shape index (κ2) is 4.98. The molecule has 0 spiro atoms. The van der Waals surface area contributed by atoms with E-state index in [-0.39, 0.29) is 0 Å². The number of hydrogen-bond donors (Lipinski definition) is 2. The molecule has 0 aromatic heterocycles. The number of hydrogen-bond acceptors (Lipinski definition) is 2. The molecule has 3 heteroatoms. The molecule has 0 saturated heterocycles. The normalized spacial score (nSPS) is 10.9. The highest BCUT2D eigenvalue weighted by atomic mass is 16.4. The fourth-order valence-electron chi connectivity index (χ4n) is 1.43. The summed E-state index contributed by atoms with van der Waals surface area (Å²) in [6.07, 6.45) is 4.89. The number of rotatable bonds is 3. The first-order valence-electron chi connectivity index (χ1n) is 4.80. The van der Waals surface area contributed by atoms with Crippen LogP contribution in [-0.2, 0) is 6.42 Å². The molecule has 1 aromatic carbocycles. The SMILES string of the molecule is C/C=C\c1ccc(B(O)O)cc1CC. The van der Waals surface area contributed by atoms with Crippen molar-refractivity contribution in [3.63, 3.8) is 0 Å².